The van der Waals surface area contributed by atoms with Crippen molar-refractivity contribution >= 4 is 23.4 Å². The van der Waals surface area contributed by atoms with Crippen LogP contribution in [0, 0.1) is 23.4 Å². The summed E-state index contributed by atoms with van der Waals surface area (Å²) in [7, 11) is 1.49. The lowest BCUT2D eigenvalue weighted by Gasteiger charge is -2.38. The summed E-state index contributed by atoms with van der Waals surface area (Å²) in [6.45, 7) is 6.48. The molecular formula is C20H23F3N2O5. The van der Waals surface area contributed by atoms with Crippen LogP contribution in [0.15, 0.2) is 11.6 Å². The number of fused-ring (bicyclic) bond motifs is 3. The number of rotatable bonds is 3. The van der Waals surface area contributed by atoms with Gasteiger partial charge in [-0.2, -0.15) is 0 Å². The van der Waals surface area contributed by atoms with E-state index in [4.69, 9.17) is 9.47 Å². The number of carbonyl (C=O) groups excluding carboxylic acids is 2. The van der Waals surface area contributed by atoms with Crippen molar-refractivity contribution in [2.24, 2.45) is 5.92 Å². The van der Waals surface area contributed by atoms with Crippen LogP contribution in [-0.4, -0.2) is 53.9 Å². The molecule has 1 aromatic carbocycles. The average Bonchev–Trinajstić information content (AvgIpc) is 2.96. The fourth-order valence-electron chi connectivity index (χ4n) is 3.77. The molecule has 0 aliphatic carbocycles. The SMILES string of the molecule is CCOC(=O)C1=C(O)c2cc(F)c(F)c(F)c2N2C1C(C(=O)OC(C)(C)C)CN2C. The molecule has 0 aromatic heterocycles. The molecule has 164 valence electrons. The van der Waals surface area contributed by atoms with Gasteiger partial charge in [0.05, 0.1) is 18.6 Å². The van der Waals surface area contributed by atoms with E-state index in [1.165, 1.54) is 12.1 Å². The van der Waals surface area contributed by atoms with Crippen molar-refractivity contribution < 1.29 is 37.3 Å². The third kappa shape index (κ3) is 3.49. The van der Waals surface area contributed by atoms with Crippen molar-refractivity contribution in [3.8, 4) is 0 Å². The lowest BCUT2D eigenvalue weighted by molar-refractivity contribution is -0.159. The first kappa shape index (κ1) is 21.9. The highest BCUT2D eigenvalue weighted by molar-refractivity contribution is 6.02. The van der Waals surface area contributed by atoms with E-state index in [0.29, 0.717) is 6.07 Å². The van der Waals surface area contributed by atoms with Crippen LogP contribution >= 0.6 is 0 Å². The number of nitrogens with zero attached hydrogens (tertiary/aromatic N) is 2. The Bertz CT molecular complexity index is 941. The molecule has 1 N–H and O–H groups in total. The molecule has 1 aromatic rings. The number of aliphatic hydroxyl groups is 1. The van der Waals surface area contributed by atoms with Gasteiger partial charge in [-0.05, 0) is 33.8 Å². The molecule has 0 bridgehead atoms. The van der Waals surface area contributed by atoms with Gasteiger partial charge in [0.15, 0.2) is 17.5 Å². The average molecular weight is 428 g/mol. The molecule has 0 spiro atoms. The molecule has 2 aliphatic rings. The van der Waals surface area contributed by atoms with E-state index >= 15 is 0 Å². The standard InChI is InChI=1S/C20H23F3N2O5/c1-6-29-19(28)12-15-10(18(27)30-20(2,3)4)8-24(5)25(15)16-9(17(12)26)7-11(21)13(22)14(16)23/h7,10,15,26H,6,8H2,1-5H3. The van der Waals surface area contributed by atoms with E-state index < -0.39 is 64.0 Å². The highest BCUT2D eigenvalue weighted by Gasteiger charge is 2.53. The van der Waals surface area contributed by atoms with Gasteiger partial charge in [-0.1, -0.05) is 0 Å². The Morgan fingerprint density at radius 1 is 1.23 bits per heavy atom. The number of benzene rings is 1. The molecular weight excluding hydrogens is 405 g/mol. The molecule has 2 atom stereocenters. The van der Waals surface area contributed by atoms with Crippen LogP contribution in [0.25, 0.3) is 5.76 Å². The lowest BCUT2D eigenvalue weighted by Crippen LogP contribution is -2.48. The number of esters is 2. The van der Waals surface area contributed by atoms with Crippen LogP contribution in [0.2, 0.25) is 0 Å². The topological polar surface area (TPSA) is 79.3 Å². The van der Waals surface area contributed by atoms with Gasteiger partial charge in [-0.15, -0.1) is 0 Å². The van der Waals surface area contributed by atoms with Crippen LogP contribution < -0.4 is 5.01 Å². The highest BCUT2D eigenvalue weighted by Crippen LogP contribution is 2.46. The monoisotopic (exact) mass is 428 g/mol. The Morgan fingerprint density at radius 3 is 2.43 bits per heavy atom. The van der Waals surface area contributed by atoms with E-state index in [1.807, 2.05) is 0 Å². The van der Waals surface area contributed by atoms with Crippen molar-refractivity contribution in [3.63, 3.8) is 0 Å². The van der Waals surface area contributed by atoms with Gasteiger partial charge in [0.25, 0.3) is 0 Å². The third-order valence-corrected chi connectivity index (χ3v) is 4.85. The van der Waals surface area contributed by atoms with Gasteiger partial charge < -0.3 is 14.6 Å². The first-order valence-corrected chi connectivity index (χ1v) is 9.40. The van der Waals surface area contributed by atoms with Crippen molar-refractivity contribution in [3.05, 3.63) is 34.7 Å². The molecule has 2 aliphatic heterocycles. The molecule has 0 amide bonds. The second-order valence-corrected chi connectivity index (χ2v) is 8.13. The zero-order valence-electron chi connectivity index (χ0n) is 17.3. The van der Waals surface area contributed by atoms with E-state index in [1.54, 1.807) is 27.7 Å². The smallest absolute Gasteiger partial charge is 0.340 e. The summed E-state index contributed by atoms with van der Waals surface area (Å²) in [6.07, 6.45) is 0. The van der Waals surface area contributed by atoms with E-state index in [9.17, 15) is 27.9 Å². The van der Waals surface area contributed by atoms with E-state index in [0.717, 1.165) is 5.01 Å². The summed E-state index contributed by atoms with van der Waals surface area (Å²) in [5.41, 5.74) is -2.08. The zero-order valence-corrected chi connectivity index (χ0v) is 17.3. The zero-order chi connectivity index (χ0) is 22.5. The van der Waals surface area contributed by atoms with Gasteiger partial charge in [0.2, 0.25) is 0 Å². The van der Waals surface area contributed by atoms with Gasteiger partial charge in [0.1, 0.15) is 22.6 Å². The molecule has 2 unspecified atom stereocenters. The minimum absolute atomic E-state index is 0.0202. The maximum absolute atomic E-state index is 14.8. The molecule has 30 heavy (non-hydrogen) atoms. The second kappa shape index (κ2) is 7.50. The Labute approximate surface area is 171 Å². The number of anilines is 1. The number of halogens is 3. The number of hydrazine groups is 1. The minimum atomic E-state index is -1.73. The number of hydrogen-bond acceptors (Lipinski definition) is 7. The number of hydrogen-bond donors (Lipinski definition) is 1. The molecule has 2 heterocycles. The van der Waals surface area contributed by atoms with Crippen molar-refractivity contribution in [1.29, 1.82) is 0 Å². The van der Waals surface area contributed by atoms with Crippen LogP contribution in [0.1, 0.15) is 33.3 Å². The normalized spacial score (nSPS) is 21.4. The summed E-state index contributed by atoms with van der Waals surface area (Å²) in [6, 6.07) is -0.622. The van der Waals surface area contributed by atoms with Gasteiger partial charge >= 0.3 is 11.9 Å². The van der Waals surface area contributed by atoms with Crippen LogP contribution in [-0.2, 0) is 19.1 Å². The quantitative estimate of drug-likeness (QED) is 0.586. The second-order valence-electron chi connectivity index (χ2n) is 8.13. The Balaban J connectivity index is 2.24. The minimum Gasteiger partial charge on any atom is -0.507 e. The Hall–Kier alpha value is -2.75. The summed E-state index contributed by atoms with van der Waals surface area (Å²) < 4.78 is 53.1. The van der Waals surface area contributed by atoms with Crippen molar-refractivity contribution in [2.75, 3.05) is 25.2 Å². The fraction of sp³-hybridized carbons (Fsp3) is 0.500. The summed E-state index contributed by atoms with van der Waals surface area (Å²) in [4.78, 5) is 25.5. The van der Waals surface area contributed by atoms with Crippen molar-refractivity contribution in [1.82, 2.24) is 5.01 Å². The van der Waals surface area contributed by atoms with Crippen molar-refractivity contribution in [2.45, 2.75) is 39.3 Å². The van der Waals surface area contributed by atoms with E-state index in [-0.39, 0.29) is 18.7 Å². The first-order chi connectivity index (χ1) is 13.9. The summed E-state index contributed by atoms with van der Waals surface area (Å²) in [5, 5.41) is 13.3. The Kier molecular flexibility index (Phi) is 5.48. The molecule has 1 fully saturated rings. The van der Waals surface area contributed by atoms with E-state index in [2.05, 4.69) is 0 Å². The highest BCUT2D eigenvalue weighted by atomic mass is 19.2. The largest absolute Gasteiger partial charge is 0.507 e. The summed E-state index contributed by atoms with van der Waals surface area (Å²) >= 11 is 0. The van der Waals surface area contributed by atoms with Gasteiger partial charge in [-0.3, -0.25) is 9.80 Å². The predicted molar refractivity (Wildman–Crippen MR) is 101 cm³/mol. The summed E-state index contributed by atoms with van der Waals surface area (Å²) in [5.74, 6) is -8.24. The molecule has 10 heteroatoms. The molecule has 0 radical (unpaired) electrons. The maximum Gasteiger partial charge on any atom is 0.340 e. The number of ether oxygens (including phenoxy) is 2. The van der Waals surface area contributed by atoms with Crippen LogP contribution in [0.5, 0.6) is 0 Å². The maximum atomic E-state index is 14.8. The first-order valence-electron chi connectivity index (χ1n) is 9.40. The molecule has 3 rings (SSSR count). The molecule has 0 saturated carbocycles. The van der Waals surface area contributed by atoms with Gasteiger partial charge in [0, 0.05) is 19.2 Å². The lowest BCUT2D eigenvalue weighted by atomic mass is 9.87. The van der Waals surface area contributed by atoms with Gasteiger partial charge in [-0.25, -0.2) is 23.0 Å². The number of carbonyl (C=O) groups is 2. The number of aliphatic hydroxyl groups excluding tert-OH is 1. The van der Waals surface area contributed by atoms with Crippen LogP contribution in [0.4, 0.5) is 18.9 Å². The molecule has 7 nitrogen and oxygen atoms in total. The molecule has 1 saturated heterocycles. The predicted octanol–water partition coefficient (Wildman–Crippen LogP) is 2.94. The Morgan fingerprint density at radius 2 is 1.87 bits per heavy atom. The van der Waals surface area contributed by atoms with Crippen LogP contribution in [0.3, 0.4) is 0 Å². The third-order valence-electron chi connectivity index (χ3n) is 4.85. The fourth-order valence-corrected chi connectivity index (χ4v) is 3.77.